The van der Waals surface area contributed by atoms with Gasteiger partial charge in [-0.2, -0.15) is 4.31 Å². The Balaban J connectivity index is 1.59. The molecule has 1 saturated heterocycles. The Labute approximate surface area is 182 Å². The average Bonchev–Trinajstić information content (AvgIpc) is 3.27. The van der Waals surface area contributed by atoms with Crippen molar-refractivity contribution in [1.82, 2.24) is 9.62 Å². The van der Waals surface area contributed by atoms with Gasteiger partial charge in [-0.3, -0.25) is 9.59 Å². The van der Waals surface area contributed by atoms with Gasteiger partial charge in [-0.05, 0) is 61.2 Å². The van der Waals surface area contributed by atoms with E-state index in [0.717, 1.165) is 12.0 Å². The van der Waals surface area contributed by atoms with E-state index in [9.17, 15) is 18.0 Å². The predicted octanol–water partition coefficient (Wildman–Crippen LogP) is 2.17. The van der Waals surface area contributed by atoms with Crippen molar-refractivity contribution in [2.45, 2.75) is 37.1 Å². The van der Waals surface area contributed by atoms with Gasteiger partial charge in [0.05, 0.1) is 12.0 Å². The Kier molecular flexibility index (Phi) is 7.29. The van der Waals surface area contributed by atoms with Gasteiger partial charge in [0.2, 0.25) is 10.0 Å². The second-order valence-corrected chi connectivity index (χ2v) is 9.19. The van der Waals surface area contributed by atoms with Crippen molar-refractivity contribution in [1.29, 1.82) is 0 Å². The SMILES string of the molecule is CCc1ccc(NC(=O)C(=O)NC[C@@H]2CCCN2S(=O)(=O)c2ccc(OC)cc2)cc1. The van der Waals surface area contributed by atoms with Crippen LogP contribution in [0.1, 0.15) is 25.3 Å². The number of carbonyl (C=O) groups excluding carboxylic acids is 2. The molecule has 0 aromatic heterocycles. The number of carbonyl (C=O) groups is 2. The van der Waals surface area contributed by atoms with Crippen LogP contribution in [0.15, 0.2) is 53.4 Å². The van der Waals surface area contributed by atoms with Crippen molar-refractivity contribution < 1.29 is 22.7 Å². The third kappa shape index (κ3) is 5.42. The van der Waals surface area contributed by atoms with Crippen molar-refractivity contribution in [3.63, 3.8) is 0 Å². The van der Waals surface area contributed by atoms with Crippen LogP contribution in [0.3, 0.4) is 0 Å². The Bertz CT molecular complexity index is 1020. The van der Waals surface area contributed by atoms with E-state index >= 15 is 0 Å². The molecule has 0 spiro atoms. The van der Waals surface area contributed by atoms with Crippen LogP contribution in [0, 0.1) is 0 Å². The highest BCUT2D eigenvalue weighted by Crippen LogP contribution is 2.26. The van der Waals surface area contributed by atoms with Crippen LogP contribution in [0.5, 0.6) is 5.75 Å². The molecule has 0 bridgehead atoms. The molecule has 2 amide bonds. The third-order valence-electron chi connectivity index (χ3n) is 5.31. The van der Waals surface area contributed by atoms with E-state index in [1.165, 1.54) is 23.5 Å². The molecular formula is C22H27N3O5S. The highest BCUT2D eigenvalue weighted by Gasteiger charge is 2.35. The summed E-state index contributed by atoms with van der Waals surface area (Å²) in [6.45, 7) is 2.46. The van der Waals surface area contributed by atoms with Crippen LogP contribution in [-0.2, 0) is 26.0 Å². The molecule has 1 fully saturated rings. The van der Waals surface area contributed by atoms with Crippen LogP contribution in [0.2, 0.25) is 0 Å². The van der Waals surface area contributed by atoms with Crippen LogP contribution in [-0.4, -0.2) is 50.8 Å². The van der Waals surface area contributed by atoms with E-state index in [1.54, 1.807) is 24.3 Å². The largest absolute Gasteiger partial charge is 0.497 e. The number of hydrogen-bond acceptors (Lipinski definition) is 5. The summed E-state index contributed by atoms with van der Waals surface area (Å²) in [5, 5.41) is 5.11. The molecule has 0 unspecified atom stereocenters. The molecule has 166 valence electrons. The number of nitrogens with zero attached hydrogens (tertiary/aromatic N) is 1. The fourth-order valence-electron chi connectivity index (χ4n) is 3.52. The summed E-state index contributed by atoms with van der Waals surface area (Å²) in [5.41, 5.74) is 1.66. The number of nitrogens with one attached hydrogen (secondary N) is 2. The number of anilines is 1. The number of amides is 2. The summed E-state index contributed by atoms with van der Waals surface area (Å²) < 4.78 is 32.5. The Morgan fingerprint density at radius 3 is 2.35 bits per heavy atom. The maximum absolute atomic E-state index is 13.0. The minimum atomic E-state index is -3.71. The van der Waals surface area contributed by atoms with E-state index in [0.29, 0.717) is 30.8 Å². The summed E-state index contributed by atoms with van der Waals surface area (Å²) in [4.78, 5) is 24.6. The maximum Gasteiger partial charge on any atom is 0.313 e. The highest BCUT2D eigenvalue weighted by molar-refractivity contribution is 7.89. The van der Waals surface area contributed by atoms with Gasteiger partial charge in [-0.25, -0.2) is 8.42 Å². The maximum atomic E-state index is 13.0. The molecule has 3 rings (SSSR count). The van der Waals surface area contributed by atoms with Gasteiger partial charge in [0.15, 0.2) is 0 Å². The van der Waals surface area contributed by atoms with E-state index in [2.05, 4.69) is 10.6 Å². The molecular weight excluding hydrogens is 418 g/mol. The zero-order valence-corrected chi connectivity index (χ0v) is 18.4. The van der Waals surface area contributed by atoms with E-state index in [4.69, 9.17) is 4.74 Å². The van der Waals surface area contributed by atoms with E-state index in [-0.39, 0.29) is 11.4 Å². The first kappa shape index (κ1) is 22.8. The summed E-state index contributed by atoms with van der Waals surface area (Å²) >= 11 is 0. The van der Waals surface area contributed by atoms with Crippen molar-refractivity contribution >= 4 is 27.5 Å². The van der Waals surface area contributed by atoms with Crippen molar-refractivity contribution in [3.8, 4) is 5.75 Å². The summed E-state index contributed by atoms with van der Waals surface area (Å²) in [6.07, 6.45) is 2.17. The molecule has 1 heterocycles. The lowest BCUT2D eigenvalue weighted by Crippen LogP contribution is -2.45. The fourth-order valence-corrected chi connectivity index (χ4v) is 5.21. The van der Waals surface area contributed by atoms with Gasteiger partial charge in [0.1, 0.15) is 5.75 Å². The Hall–Kier alpha value is -2.91. The number of ether oxygens (including phenoxy) is 1. The van der Waals surface area contributed by atoms with Crippen molar-refractivity contribution in [2.24, 2.45) is 0 Å². The molecule has 2 aromatic rings. The van der Waals surface area contributed by atoms with Gasteiger partial charge in [0, 0.05) is 24.8 Å². The van der Waals surface area contributed by atoms with Crippen molar-refractivity contribution in [2.75, 3.05) is 25.5 Å². The number of methoxy groups -OCH3 is 1. The van der Waals surface area contributed by atoms with E-state index in [1.807, 2.05) is 19.1 Å². The summed E-state index contributed by atoms with van der Waals surface area (Å²) in [7, 11) is -2.20. The lowest BCUT2D eigenvalue weighted by atomic mass is 10.1. The molecule has 1 atom stereocenters. The van der Waals surface area contributed by atoms with Gasteiger partial charge in [-0.1, -0.05) is 19.1 Å². The minimum Gasteiger partial charge on any atom is -0.497 e. The van der Waals surface area contributed by atoms with Gasteiger partial charge in [0.25, 0.3) is 0 Å². The Morgan fingerprint density at radius 1 is 1.06 bits per heavy atom. The number of hydrogen-bond donors (Lipinski definition) is 2. The topological polar surface area (TPSA) is 105 Å². The quantitative estimate of drug-likeness (QED) is 0.636. The second-order valence-electron chi connectivity index (χ2n) is 7.30. The van der Waals surface area contributed by atoms with Crippen LogP contribution >= 0.6 is 0 Å². The number of aryl methyl sites for hydroxylation is 1. The summed E-state index contributed by atoms with van der Waals surface area (Å²) in [5.74, 6) is -1.01. The molecule has 2 aromatic carbocycles. The molecule has 31 heavy (non-hydrogen) atoms. The Morgan fingerprint density at radius 2 is 1.74 bits per heavy atom. The first-order valence-corrected chi connectivity index (χ1v) is 11.6. The van der Waals surface area contributed by atoms with Crippen LogP contribution in [0.25, 0.3) is 0 Å². The van der Waals surface area contributed by atoms with Gasteiger partial charge >= 0.3 is 11.8 Å². The van der Waals surface area contributed by atoms with Crippen LogP contribution < -0.4 is 15.4 Å². The van der Waals surface area contributed by atoms with Gasteiger partial charge in [-0.15, -0.1) is 0 Å². The molecule has 2 N–H and O–H groups in total. The highest BCUT2D eigenvalue weighted by atomic mass is 32.2. The molecule has 0 saturated carbocycles. The predicted molar refractivity (Wildman–Crippen MR) is 117 cm³/mol. The fraction of sp³-hybridized carbons (Fsp3) is 0.364. The second kappa shape index (κ2) is 9.93. The minimum absolute atomic E-state index is 0.0659. The molecule has 8 nitrogen and oxygen atoms in total. The number of benzene rings is 2. The van der Waals surface area contributed by atoms with Crippen LogP contribution in [0.4, 0.5) is 5.69 Å². The van der Waals surface area contributed by atoms with Gasteiger partial charge < -0.3 is 15.4 Å². The monoisotopic (exact) mass is 445 g/mol. The normalized spacial score (nSPS) is 16.6. The smallest absolute Gasteiger partial charge is 0.313 e. The zero-order valence-electron chi connectivity index (χ0n) is 17.6. The first-order valence-electron chi connectivity index (χ1n) is 10.2. The van der Waals surface area contributed by atoms with Crippen molar-refractivity contribution in [3.05, 3.63) is 54.1 Å². The van der Waals surface area contributed by atoms with E-state index < -0.39 is 27.9 Å². The summed E-state index contributed by atoms with van der Waals surface area (Å²) in [6, 6.07) is 13.0. The first-order chi connectivity index (χ1) is 14.8. The lowest BCUT2D eigenvalue weighted by molar-refractivity contribution is -0.136. The molecule has 0 radical (unpaired) electrons. The zero-order chi connectivity index (χ0) is 22.4. The molecule has 9 heteroatoms. The number of rotatable bonds is 7. The average molecular weight is 446 g/mol. The standard InChI is InChI=1S/C22H27N3O5S/c1-3-16-6-8-17(9-7-16)24-22(27)21(26)23-15-18-5-4-14-25(18)31(28,29)20-12-10-19(30-2)11-13-20/h6-13,18H,3-5,14-15H2,1-2H3,(H,23,26)(H,24,27)/t18-/m0/s1. The molecule has 0 aliphatic carbocycles. The molecule has 1 aliphatic heterocycles. The third-order valence-corrected chi connectivity index (χ3v) is 7.28. The number of sulfonamides is 1. The lowest BCUT2D eigenvalue weighted by Gasteiger charge is -2.24. The molecule has 1 aliphatic rings.